The Kier molecular flexibility index (Phi) is 4.59. The van der Waals surface area contributed by atoms with Crippen LogP contribution < -0.4 is 9.80 Å². The lowest BCUT2D eigenvalue weighted by Gasteiger charge is -2.29. The molecule has 0 N–H and O–H groups in total. The van der Waals surface area contributed by atoms with Crippen molar-refractivity contribution < 1.29 is 14.1 Å². The maximum absolute atomic E-state index is 12.7. The van der Waals surface area contributed by atoms with Gasteiger partial charge in [0.05, 0.1) is 17.4 Å². The molecule has 30 heavy (non-hydrogen) atoms. The van der Waals surface area contributed by atoms with Crippen LogP contribution in [0.5, 0.6) is 0 Å². The molecule has 2 aromatic rings. The number of piperidine rings is 1. The van der Waals surface area contributed by atoms with Gasteiger partial charge >= 0.3 is 5.88 Å². The number of hydrogen-bond acceptors (Lipinski definition) is 7. The molecule has 3 aliphatic rings. The summed E-state index contributed by atoms with van der Waals surface area (Å²) >= 11 is 0. The predicted octanol–water partition coefficient (Wildman–Crippen LogP) is 3.24. The van der Waals surface area contributed by atoms with Crippen molar-refractivity contribution in [2.24, 2.45) is 4.99 Å². The molecule has 154 valence electrons. The Labute approximate surface area is 173 Å². The second kappa shape index (κ2) is 7.42. The van der Waals surface area contributed by atoms with Crippen LogP contribution in [0.3, 0.4) is 0 Å². The Morgan fingerprint density at radius 3 is 2.57 bits per heavy atom. The van der Waals surface area contributed by atoms with Crippen LogP contribution in [0.25, 0.3) is 6.08 Å². The number of nitrogens with zero attached hydrogens (tertiary/aromatic N) is 5. The molecule has 1 fully saturated rings. The van der Waals surface area contributed by atoms with Crippen molar-refractivity contribution >= 4 is 35.2 Å². The number of furan rings is 1. The fourth-order valence-electron chi connectivity index (χ4n) is 4.23. The molecule has 0 spiro atoms. The van der Waals surface area contributed by atoms with Crippen molar-refractivity contribution in [2.75, 3.05) is 36.0 Å². The standard InChI is InChI=1S/C21H21N5O4/c27-20-18(14-15-8-9-19(30-15)26(28)29)25-17-7-3-2-6-16(17)24(21(25)22-20)13-12-23-10-4-1-5-11-23/h2-3,6-9,14H,1,4-5,10-13H2/b18-14+. The molecule has 4 heterocycles. The number of hydrogen-bond donors (Lipinski definition) is 0. The van der Waals surface area contributed by atoms with Crippen molar-refractivity contribution in [3.8, 4) is 0 Å². The lowest BCUT2D eigenvalue weighted by molar-refractivity contribution is -0.402. The van der Waals surface area contributed by atoms with Gasteiger partial charge in [-0.25, -0.2) is 0 Å². The Morgan fingerprint density at radius 1 is 1.07 bits per heavy atom. The van der Waals surface area contributed by atoms with Gasteiger partial charge in [0.2, 0.25) is 5.96 Å². The molecule has 0 bridgehead atoms. The highest BCUT2D eigenvalue weighted by atomic mass is 16.6. The van der Waals surface area contributed by atoms with Gasteiger partial charge in [-0.05, 0) is 44.1 Å². The normalized spacial score (nSPS) is 19.9. The summed E-state index contributed by atoms with van der Waals surface area (Å²) in [5.41, 5.74) is 2.19. The first-order valence-electron chi connectivity index (χ1n) is 10.1. The first-order valence-corrected chi connectivity index (χ1v) is 10.1. The summed E-state index contributed by atoms with van der Waals surface area (Å²) in [6, 6.07) is 10.6. The predicted molar refractivity (Wildman–Crippen MR) is 112 cm³/mol. The molecule has 1 aromatic heterocycles. The summed E-state index contributed by atoms with van der Waals surface area (Å²) in [5, 5.41) is 10.9. The monoisotopic (exact) mass is 407 g/mol. The molecule has 0 radical (unpaired) electrons. The van der Waals surface area contributed by atoms with E-state index >= 15 is 0 Å². The number of carbonyl (C=O) groups is 1. The molecule has 0 saturated carbocycles. The number of carbonyl (C=O) groups excluding carboxylic acids is 1. The van der Waals surface area contributed by atoms with Gasteiger partial charge in [0.15, 0.2) is 0 Å². The molecule has 0 atom stereocenters. The van der Waals surface area contributed by atoms with E-state index in [1.165, 1.54) is 37.5 Å². The smallest absolute Gasteiger partial charge is 0.401 e. The fraction of sp³-hybridized carbons (Fsp3) is 0.333. The first kappa shape index (κ1) is 18.6. The van der Waals surface area contributed by atoms with Crippen LogP contribution in [0, 0.1) is 10.1 Å². The van der Waals surface area contributed by atoms with Gasteiger partial charge in [-0.3, -0.25) is 19.8 Å². The summed E-state index contributed by atoms with van der Waals surface area (Å²) in [4.78, 5) is 33.6. The van der Waals surface area contributed by atoms with Crippen LogP contribution in [-0.4, -0.2) is 47.9 Å². The number of guanidine groups is 1. The molecule has 1 amide bonds. The lowest BCUT2D eigenvalue weighted by atomic mass is 10.1. The number of rotatable bonds is 5. The molecule has 5 rings (SSSR count). The number of aliphatic imine (C=N–C) groups is 1. The third-order valence-corrected chi connectivity index (χ3v) is 5.68. The summed E-state index contributed by atoms with van der Waals surface area (Å²) in [6.45, 7) is 3.85. The fourth-order valence-corrected chi connectivity index (χ4v) is 4.23. The number of anilines is 2. The van der Waals surface area contributed by atoms with Gasteiger partial charge < -0.3 is 14.2 Å². The SMILES string of the molecule is O=C1N=C2N(CCN3CCCCC3)c3ccccc3N2/C1=C/c1ccc([N+](=O)[O-])o1. The van der Waals surface area contributed by atoms with Crippen molar-refractivity contribution in [2.45, 2.75) is 19.3 Å². The van der Waals surface area contributed by atoms with Gasteiger partial charge in [-0.2, -0.15) is 4.99 Å². The Balaban J connectivity index is 1.45. The van der Waals surface area contributed by atoms with Crippen LogP contribution in [0.2, 0.25) is 0 Å². The van der Waals surface area contributed by atoms with Gasteiger partial charge in [0, 0.05) is 19.2 Å². The van der Waals surface area contributed by atoms with Gasteiger partial charge in [0.25, 0.3) is 5.91 Å². The molecule has 9 nitrogen and oxygen atoms in total. The number of nitro groups is 1. The molecule has 3 aliphatic heterocycles. The number of likely N-dealkylation sites (tertiary alicyclic amines) is 1. The number of para-hydroxylation sites is 2. The minimum Gasteiger partial charge on any atom is -0.401 e. The van der Waals surface area contributed by atoms with Crippen molar-refractivity contribution in [3.05, 3.63) is 58.0 Å². The Hall–Kier alpha value is -3.46. The average molecular weight is 407 g/mol. The summed E-state index contributed by atoms with van der Waals surface area (Å²) in [7, 11) is 0. The molecular weight excluding hydrogens is 386 g/mol. The van der Waals surface area contributed by atoms with E-state index in [0.717, 1.165) is 37.6 Å². The van der Waals surface area contributed by atoms with Crippen molar-refractivity contribution in [1.29, 1.82) is 0 Å². The second-order valence-corrected chi connectivity index (χ2v) is 7.56. The number of benzene rings is 1. The molecule has 0 unspecified atom stereocenters. The lowest BCUT2D eigenvalue weighted by Crippen LogP contribution is -2.41. The van der Waals surface area contributed by atoms with Crippen LogP contribution in [0.1, 0.15) is 25.0 Å². The zero-order valence-corrected chi connectivity index (χ0v) is 16.4. The zero-order valence-electron chi connectivity index (χ0n) is 16.4. The van der Waals surface area contributed by atoms with E-state index in [2.05, 4.69) is 14.8 Å². The van der Waals surface area contributed by atoms with Crippen LogP contribution in [0.15, 0.2) is 51.5 Å². The average Bonchev–Trinajstić information content (AvgIpc) is 3.42. The summed E-state index contributed by atoms with van der Waals surface area (Å²) in [6.07, 6.45) is 5.25. The van der Waals surface area contributed by atoms with E-state index in [1.54, 1.807) is 0 Å². The van der Waals surface area contributed by atoms with Crippen molar-refractivity contribution in [3.63, 3.8) is 0 Å². The van der Waals surface area contributed by atoms with E-state index in [0.29, 0.717) is 11.7 Å². The maximum Gasteiger partial charge on any atom is 0.433 e. The third kappa shape index (κ3) is 3.17. The molecular formula is C21H21N5O4. The van der Waals surface area contributed by atoms with Gasteiger partial charge in [-0.15, -0.1) is 0 Å². The topological polar surface area (TPSA) is 95.4 Å². The highest BCUT2D eigenvalue weighted by molar-refractivity contribution is 6.31. The van der Waals surface area contributed by atoms with Crippen LogP contribution in [0.4, 0.5) is 17.3 Å². The summed E-state index contributed by atoms with van der Waals surface area (Å²) < 4.78 is 5.22. The van der Waals surface area contributed by atoms with E-state index in [-0.39, 0.29) is 17.6 Å². The first-order chi connectivity index (χ1) is 14.6. The zero-order chi connectivity index (χ0) is 20.7. The minimum absolute atomic E-state index is 0.241. The van der Waals surface area contributed by atoms with Crippen molar-refractivity contribution in [1.82, 2.24) is 4.90 Å². The molecule has 9 heteroatoms. The quantitative estimate of drug-likeness (QED) is 0.426. The van der Waals surface area contributed by atoms with E-state index in [1.807, 2.05) is 29.2 Å². The van der Waals surface area contributed by atoms with Gasteiger partial charge in [0.1, 0.15) is 16.4 Å². The Bertz CT molecular complexity index is 1070. The Morgan fingerprint density at radius 2 is 1.83 bits per heavy atom. The highest BCUT2D eigenvalue weighted by Crippen LogP contribution is 2.42. The number of amides is 1. The van der Waals surface area contributed by atoms with E-state index in [4.69, 9.17) is 4.42 Å². The molecule has 1 aromatic carbocycles. The van der Waals surface area contributed by atoms with Crippen LogP contribution in [-0.2, 0) is 4.79 Å². The molecule has 1 saturated heterocycles. The highest BCUT2D eigenvalue weighted by Gasteiger charge is 2.42. The van der Waals surface area contributed by atoms with E-state index < -0.39 is 4.92 Å². The maximum atomic E-state index is 12.7. The largest absolute Gasteiger partial charge is 0.433 e. The summed E-state index contributed by atoms with van der Waals surface area (Å²) in [5.74, 6) is 0.0659. The van der Waals surface area contributed by atoms with E-state index in [9.17, 15) is 14.9 Å². The van der Waals surface area contributed by atoms with Crippen LogP contribution >= 0.6 is 0 Å². The van der Waals surface area contributed by atoms with Gasteiger partial charge in [-0.1, -0.05) is 18.6 Å². The minimum atomic E-state index is -0.603. The third-order valence-electron chi connectivity index (χ3n) is 5.68. The number of fused-ring (bicyclic) bond motifs is 3. The molecule has 0 aliphatic carbocycles. The second-order valence-electron chi connectivity index (χ2n) is 7.56.